The second-order valence-electron chi connectivity index (χ2n) is 3.99. The van der Waals surface area contributed by atoms with Crippen LogP contribution in [0.3, 0.4) is 0 Å². The lowest BCUT2D eigenvalue weighted by atomic mass is 10.1. The van der Waals surface area contributed by atoms with Crippen LogP contribution in [0.25, 0.3) is 0 Å². The van der Waals surface area contributed by atoms with Gasteiger partial charge in [-0.2, -0.15) is 0 Å². The summed E-state index contributed by atoms with van der Waals surface area (Å²) in [6.07, 6.45) is 3.37. The molecule has 1 rings (SSSR count). The fraction of sp³-hybridized carbons (Fsp3) is 0.364. The van der Waals surface area contributed by atoms with Gasteiger partial charge in [0.1, 0.15) is 0 Å². The highest BCUT2D eigenvalue weighted by Crippen LogP contribution is 2.09. The molecule has 1 aromatic rings. The Morgan fingerprint density at radius 3 is 2.65 bits per heavy atom. The number of nitrogens with zero attached hydrogens (tertiary/aromatic N) is 1. The number of halogens is 1. The summed E-state index contributed by atoms with van der Waals surface area (Å²) in [5, 5.41) is 0. The summed E-state index contributed by atoms with van der Waals surface area (Å²) >= 11 is 3.21. The molecule has 17 heavy (non-hydrogen) atoms. The lowest BCUT2D eigenvalue weighted by Crippen LogP contribution is -2.42. The molecule has 0 bridgehead atoms. The predicted octanol–water partition coefficient (Wildman–Crippen LogP) is 1.65. The van der Waals surface area contributed by atoms with Gasteiger partial charge >= 0.3 is 0 Å². The van der Waals surface area contributed by atoms with Gasteiger partial charge in [0.2, 0.25) is 5.91 Å². The number of hydrogen-bond acceptors (Lipinski definition) is 3. The first-order chi connectivity index (χ1) is 7.99. The van der Waals surface area contributed by atoms with Gasteiger partial charge in [-0.1, -0.05) is 13.8 Å². The van der Waals surface area contributed by atoms with Gasteiger partial charge in [0.05, 0.1) is 5.56 Å². The Balaban J connectivity index is 2.48. The van der Waals surface area contributed by atoms with Crippen molar-refractivity contribution in [2.24, 2.45) is 5.92 Å². The Morgan fingerprint density at radius 1 is 1.35 bits per heavy atom. The summed E-state index contributed by atoms with van der Waals surface area (Å²) in [5.74, 6) is -0.355. The van der Waals surface area contributed by atoms with Crippen LogP contribution in [0, 0.1) is 5.92 Å². The first kappa shape index (κ1) is 13.6. The Hall–Kier alpha value is -1.43. The van der Waals surface area contributed by atoms with E-state index in [0.717, 1.165) is 0 Å². The maximum Gasteiger partial charge on any atom is 0.271 e. The van der Waals surface area contributed by atoms with Gasteiger partial charge in [0.15, 0.2) is 0 Å². The Labute approximate surface area is 108 Å². The van der Waals surface area contributed by atoms with Crippen molar-refractivity contribution in [1.82, 2.24) is 15.8 Å². The second-order valence-corrected chi connectivity index (χ2v) is 4.91. The molecule has 0 unspecified atom stereocenters. The quantitative estimate of drug-likeness (QED) is 0.834. The summed E-state index contributed by atoms with van der Waals surface area (Å²) in [4.78, 5) is 26.8. The van der Waals surface area contributed by atoms with Crippen molar-refractivity contribution in [3.05, 3.63) is 28.5 Å². The van der Waals surface area contributed by atoms with Gasteiger partial charge in [0.25, 0.3) is 5.91 Å². The van der Waals surface area contributed by atoms with E-state index < -0.39 is 5.91 Å². The summed E-state index contributed by atoms with van der Waals surface area (Å²) in [5.41, 5.74) is 5.06. The number of carbonyl (C=O) groups is 2. The van der Waals surface area contributed by atoms with E-state index in [9.17, 15) is 9.59 Å². The van der Waals surface area contributed by atoms with Gasteiger partial charge in [-0.25, -0.2) is 0 Å². The highest BCUT2D eigenvalue weighted by atomic mass is 79.9. The number of amides is 2. The molecule has 0 saturated carbocycles. The minimum absolute atomic E-state index is 0.212. The SMILES string of the molecule is CC(C)CC(=O)NNC(=O)c1cncc(Br)c1. The van der Waals surface area contributed by atoms with Gasteiger partial charge in [-0.15, -0.1) is 0 Å². The van der Waals surface area contributed by atoms with Gasteiger partial charge in [0, 0.05) is 23.3 Å². The maximum absolute atomic E-state index is 11.6. The van der Waals surface area contributed by atoms with Gasteiger partial charge in [-0.3, -0.25) is 25.4 Å². The third-order valence-electron chi connectivity index (χ3n) is 1.88. The van der Waals surface area contributed by atoms with Crippen LogP contribution >= 0.6 is 15.9 Å². The lowest BCUT2D eigenvalue weighted by Gasteiger charge is -2.08. The average Bonchev–Trinajstić information content (AvgIpc) is 2.25. The number of aromatic nitrogens is 1. The van der Waals surface area contributed by atoms with Crippen LogP contribution in [-0.4, -0.2) is 16.8 Å². The second kappa shape index (κ2) is 6.34. The Bertz CT molecular complexity index is 421. The molecule has 0 spiro atoms. The van der Waals surface area contributed by atoms with E-state index in [1.54, 1.807) is 12.3 Å². The Morgan fingerprint density at radius 2 is 2.06 bits per heavy atom. The molecule has 0 atom stereocenters. The van der Waals surface area contributed by atoms with Crippen LogP contribution in [0.4, 0.5) is 0 Å². The topological polar surface area (TPSA) is 71.1 Å². The number of hydrogen-bond donors (Lipinski definition) is 2. The maximum atomic E-state index is 11.6. The van der Waals surface area contributed by atoms with E-state index in [-0.39, 0.29) is 11.8 Å². The molecule has 0 saturated heterocycles. The number of rotatable bonds is 3. The van der Waals surface area contributed by atoms with Crippen LogP contribution in [0.2, 0.25) is 0 Å². The van der Waals surface area contributed by atoms with Crippen molar-refractivity contribution >= 4 is 27.7 Å². The first-order valence-electron chi connectivity index (χ1n) is 5.18. The third-order valence-corrected chi connectivity index (χ3v) is 2.31. The Kier molecular flexibility index (Phi) is 5.09. The molecule has 6 heteroatoms. The standard InChI is InChI=1S/C11H14BrN3O2/c1-7(2)3-10(16)14-15-11(17)8-4-9(12)6-13-5-8/h4-7H,3H2,1-2H3,(H,14,16)(H,15,17). The van der Waals surface area contributed by atoms with E-state index in [1.807, 2.05) is 13.8 Å². The van der Waals surface area contributed by atoms with Crippen LogP contribution in [0.5, 0.6) is 0 Å². The molecule has 2 N–H and O–H groups in total. The van der Waals surface area contributed by atoms with E-state index in [2.05, 4.69) is 31.8 Å². The van der Waals surface area contributed by atoms with Crippen molar-refractivity contribution in [2.45, 2.75) is 20.3 Å². The number of carbonyl (C=O) groups excluding carboxylic acids is 2. The third kappa shape index (κ3) is 4.95. The number of pyridine rings is 1. The number of nitrogens with one attached hydrogen (secondary N) is 2. The average molecular weight is 300 g/mol. The normalized spacial score (nSPS) is 10.1. The molecule has 92 valence electrons. The molecule has 0 aliphatic carbocycles. The predicted molar refractivity (Wildman–Crippen MR) is 67.0 cm³/mol. The molecule has 5 nitrogen and oxygen atoms in total. The van der Waals surface area contributed by atoms with Crippen molar-refractivity contribution in [2.75, 3.05) is 0 Å². The van der Waals surface area contributed by atoms with Crippen LogP contribution in [0.15, 0.2) is 22.9 Å². The van der Waals surface area contributed by atoms with E-state index in [4.69, 9.17) is 0 Å². The molecular formula is C11H14BrN3O2. The molecule has 0 aromatic carbocycles. The zero-order valence-electron chi connectivity index (χ0n) is 9.66. The first-order valence-corrected chi connectivity index (χ1v) is 5.98. The largest absolute Gasteiger partial charge is 0.273 e. The summed E-state index contributed by atoms with van der Waals surface area (Å²) in [7, 11) is 0. The van der Waals surface area contributed by atoms with Crippen LogP contribution < -0.4 is 10.9 Å². The van der Waals surface area contributed by atoms with Crippen LogP contribution in [-0.2, 0) is 4.79 Å². The molecule has 0 fully saturated rings. The summed E-state index contributed by atoms with van der Waals surface area (Å²) in [6, 6.07) is 1.62. The lowest BCUT2D eigenvalue weighted by molar-refractivity contribution is -0.122. The zero-order chi connectivity index (χ0) is 12.8. The van der Waals surface area contributed by atoms with Crippen molar-refractivity contribution in [1.29, 1.82) is 0 Å². The smallest absolute Gasteiger partial charge is 0.271 e. The monoisotopic (exact) mass is 299 g/mol. The zero-order valence-corrected chi connectivity index (χ0v) is 11.2. The molecule has 1 aromatic heterocycles. The molecule has 1 heterocycles. The highest BCUT2D eigenvalue weighted by Gasteiger charge is 2.09. The molecule has 0 aliphatic heterocycles. The molecule has 0 aliphatic rings. The highest BCUT2D eigenvalue weighted by molar-refractivity contribution is 9.10. The van der Waals surface area contributed by atoms with Gasteiger partial charge < -0.3 is 0 Å². The van der Waals surface area contributed by atoms with E-state index in [0.29, 0.717) is 16.5 Å². The van der Waals surface area contributed by atoms with E-state index >= 15 is 0 Å². The van der Waals surface area contributed by atoms with Crippen molar-refractivity contribution < 1.29 is 9.59 Å². The number of hydrazine groups is 1. The fourth-order valence-electron chi connectivity index (χ4n) is 1.16. The van der Waals surface area contributed by atoms with Crippen LogP contribution in [0.1, 0.15) is 30.6 Å². The molecule has 0 radical (unpaired) electrons. The fourth-order valence-corrected chi connectivity index (χ4v) is 1.52. The molecule has 2 amide bonds. The molecular weight excluding hydrogens is 286 g/mol. The van der Waals surface area contributed by atoms with Gasteiger partial charge in [-0.05, 0) is 27.9 Å². The van der Waals surface area contributed by atoms with Crippen molar-refractivity contribution in [3.63, 3.8) is 0 Å². The summed E-state index contributed by atoms with van der Waals surface area (Å²) < 4.78 is 0.707. The van der Waals surface area contributed by atoms with E-state index in [1.165, 1.54) is 6.20 Å². The minimum atomic E-state index is -0.393. The minimum Gasteiger partial charge on any atom is -0.273 e. The van der Waals surface area contributed by atoms with Crippen molar-refractivity contribution in [3.8, 4) is 0 Å². The summed E-state index contributed by atoms with van der Waals surface area (Å²) in [6.45, 7) is 3.86.